The molecular weight excluding hydrogens is 313 g/mol. The Balaban J connectivity index is 1.86. The predicted octanol–water partition coefficient (Wildman–Crippen LogP) is 2.17. The van der Waals surface area contributed by atoms with Gasteiger partial charge in [-0.15, -0.1) is 0 Å². The Labute approximate surface area is 128 Å². The SMILES string of the molecule is NC(=O)[C@@H]1CN(C(=O)c2cc3ccccc3o2)C[C@H]1C(F)(F)F. The maximum absolute atomic E-state index is 13.0. The number of hydrogen-bond donors (Lipinski definition) is 1. The Morgan fingerprint density at radius 3 is 2.48 bits per heavy atom. The van der Waals surface area contributed by atoms with Crippen molar-refractivity contribution in [3.63, 3.8) is 0 Å². The predicted molar refractivity (Wildman–Crippen MR) is 74.3 cm³/mol. The van der Waals surface area contributed by atoms with Crippen LogP contribution in [-0.2, 0) is 4.79 Å². The minimum Gasteiger partial charge on any atom is -0.451 e. The van der Waals surface area contributed by atoms with Gasteiger partial charge in [-0.3, -0.25) is 9.59 Å². The summed E-state index contributed by atoms with van der Waals surface area (Å²) in [6.45, 7) is -0.970. The second kappa shape index (κ2) is 5.29. The largest absolute Gasteiger partial charge is 0.451 e. The molecular formula is C15H13F3N2O3. The molecule has 2 aromatic rings. The highest BCUT2D eigenvalue weighted by Gasteiger charge is 2.53. The fourth-order valence-corrected chi connectivity index (χ4v) is 2.83. The normalized spacial score (nSPS) is 21.8. The van der Waals surface area contributed by atoms with Gasteiger partial charge in [0.15, 0.2) is 5.76 Å². The number of carbonyl (C=O) groups is 2. The molecule has 0 spiro atoms. The average Bonchev–Trinajstić information content (AvgIpc) is 3.10. The molecule has 1 aliphatic rings. The molecule has 23 heavy (non-hydrogen) atoms. The second-order valence-electron chi connectivity index (χ2n) is 5.52. The van der Waals surface area contributed by atoms with E-state index in [1.165, 1.54) is 6.07 Å². The van der Waals surface area contributed by atoms with E-state index in [4.69, 9.17) is 10.2 Å². The van der Waals surface area contributed by atoms with Gasteiger partial charge < -0.3 is 15.1 Å². The lowest BCUT2D eigenvalue weighted by molar-refractivity contribution is -0.182. The second-order valence-corrected chi connectivity index (χ2v) is 5.52. The highest BCUT2D eigenvalue weighted by molar-refractivity contribution is 5.96. The van der Waals surface area contributed by atoms with Crippen LogP contribution in [0.15, 0.2) is 34.7 Å². The molecule has 2 amide bonds. The first-order chi connectivity index (χ1) is 10.8. The monoisotopic (exact) mass is 326 g/mol. The number of nitrogens with two attached hydrogens (primary N) is 1. The van der Waals surface area contributed by atoms with Crippen LogP contribution < -0.4 is 5.73 Å². The maximum atomic E-state index is 13.0. The first-order valence-corrected chi connectivity index (χ1v) is 6.91. The van der Waals surface area contributed by atoms with Crippen LogP contribution in [0.3, 0.4) is 0 Å². The van der Waals surface area contributed by atoms with Crippen LogP contribution in [0.5, 0.6) is 0 Å². The zero-order valence-corrected chi connectivity index (χ0v) is 11.8. The number of fused-ring (bicyclic) bond motifs is 1. The molecule has 0 saturated carbocycles. The van der Waals surface area contributed by atoms with Crippen molar-refractivity contribution in [1.29, 1.82) is 0 Å². The van der Waals surface area contributed by atoms with E-state index in [2.05, 4.69) is 0 Å². The van der Waals surface area contributed by atoms with E-state index in [9.17, 15) is 22.8 Å². The van der Waals surface area contributed by atoms with E-state index in [0.717, 1.165) is 4.90 Å². The van der Waals surface area contributed by atoms with Gasteiger partial charge in [0.1, 0.15) is 5.58 Å². The van der Waals surface area contributed by atoms with Crippen molar-refractivity contribution in [2.24, 2.45) is 17.6 Å². The third-order valence-corrected chi connectivity index (χ3v) is 4.03. The van der Waals surface area contributed by atoms with E-state index in [0.29, 0.717) is 11.0 Å². The summed E-state index contributed by atoms with van der Waals surface area (Å²) in [5.74, 6) is -5.19. The van der Waals surface area contributed by atoms with Crippen molar-refractivity contribution < 1.29 is 27.2 Å². The minimum atomic E-state index is -4.59. The van der Waals surface area contributed by atoms with Gasteiger partial charge in [-0.2, -0.15) is 13.2 Å². The Bertz CT molecular complexity index is 736. The third kappa shape index (κ3) is 2.76. The van der Waals surface area contributed by atoms with Gasteiger partial charge in [0.2, 0.25) is 5.91 Å². The summed E-state index contributed by atoms with van der Waals surface area (Å²) in [4.78, 5) is 24.6. The van der Waals surface area contributed by atoms with Gasteiger partial charge >= 0.3 is 6.18 Å². The summed E-state index contributed by atoms with van der Waals surface area (Å²) < 4.78 is 44.4. The molecule has 0 aliphatic carbocycles. The van der Waals surface area contributed by atoms with Crippen molar-refractivity contribution >= 4 is 22.8 Å². The smallest absolute Gasteiger partial charge is 0.394 e. The average molecular weight is 326 g/mol. The topological polar surface area (TPSA) is 76.5 Å². The molecule has 5 nitrogen and oxygen atoms in total. The van der Waals surface area contributed by atoms with Crippen molar-refractivity contribution in [2.75, 3.05) is 13.1 Å². The first kappa shape index (κ1) is 15.4. The zero-order chi connectivity index (χ0) is 16.8. The third-order valence-electron chi connectivity index (χ3n) is 4.03. The van der Waals surface area contributed by atoms with Crippen molar-refractivity contribution in [3.8, 4) is 0 Å². The summed E-state index contributed by atoms with van der Waals surface area (Å²) in [7, 11) is 0. The fraction of sp³-hybridized carbons (Fsp3) is 0.333. The van der Waals surface area contributed by atoms with Gasteiger partial charge in [0.25, 0.3) is 5.91 Å². The molecule has 0 unspecified atom stereocenters. The molecule has 1 aliphatic heterocycles. The number of rotatable bonds is 2. The zero-order valence-electron chi connectivity index (χ0n) is 11.8. The van der Waals surface area contributed by atoms with E-state index in [1.54, 1.807) is 24.3 Å². The number of hydrogen-bond acceptors (Lipinski definition) is 3. The summed E-state index contributed by atoms with van der Waals surface area (Å²) in [5, 5.41) is 0.675. The Kier molecular flexibility index (Phi) is 3.54. The lowest BCUT2D eigenvalue weighted by Crippen LogP contribution is -2.37. The molecule has 2 atom stereocenters. The molecule has 1 fully saturated rings. The number of halogens is 3. The van der Waals surface area contributed by atoms with Gasteiger partial charge in [-0.25, -0.2) is 0 Å². The summed E-state index contributed by atoms with van der Waals surface area (Å²) in [6, 6.07) is 8.33. The Morgan fingerprint density at radius 1 is 1.22 bits per heavy atom. The molecule has 0 radical (unpaired) electrons. The standard InChI is InChI=1S/C15H13F3N2O3/c16-15(17,18)10-7-20(6-9(10)13(19)21)14(22)12-5-8-3-1-2-4-11(8)23-12/h1-5,9-10H,6-7H2,(H2,19,21)/t9-,10-/m1/s1. The molecule has 1 aromatic carbocycles. The van der Waals surface area contributed by atoms with Crippen LogP contribution in [0.1, 0.15) is 10.6 Å². The number of primary amides is 1. The molecule has 1 saturated heterocycles. The van der Waals surface area contributed by atoms with E-state index >= 15 is 0 Å². The summed E-state index contributed by atoms with van der Waals surface area (Å²) in [6.07, 6.45) is -4.59. The summed E-state index contributed by atoms with van der Waals surface area (Å²) >= 11 is 0. The van der Waals surface area contributed by atoms with Gasteiger partial charge in [0, 0.05) is 18.5 Å². The number of likely N-dealkylation sites (tertiary alicyclic amines) is 1. The van der Waals surface area contributed by atoms with Crippen LogP contribution in [0.25, 0.3) is 11.0 Å². The molecule has 8 heteroatoms. The number of para-hydroxylation sites is 1. The van der Waals surface area contributed by atoms with Crippen LogP contribution in [0, 0.1) is 11.8 Å². The van der Waals surface area contributed by atoms with Gasteiger partial charge in [-0.1, -0.05) is 18.2 Å². The van der Waals surface area contributed by atoms with E-state index in [1.807, 2.05) is 0 Å². The number of alkyl halides is 3. The molecule has 2 heterocycles. The number of benzene rings is 1. The number of amides is 2. The minimum absolute atomic E-state index is 0.0581. The van der Waals surface area contributed by atoms with Crippen molar-refractivity contribution in [2.45, 2.75) is 6.18 Å². The Morgan fingerprint density at radius 2 is 1.91 bits per heavy atom. The van der Waals surface area contributed by atoms with E-state index < -0.39 is 36.4 Å². The van der Waals surface area contributed by atoms with E-state index in [-0.39, 0.29) is 12.3 Å². The molecule has 1 aromatic heterocycles. The van der Waals surface area contributed by atoms with Crippen LogP contribution in [-0.4, -0.2) is 36.0 Å². The molecule has 2 N–H and O–H groups in total. The van der Waals surface area contributed by atoms with Crippen LogP contribution in [0.2, 0.25) is 0 Å². The fourth-order valence-electron chi connectivity index (χ4n) is 2.83. The lowest BCUT2D eigenvalue weighted by Gasteiger charge is -2.18. The maximum Gasteiger partial charge on any atom is 0.394 e. The van der Waals surface area contributed by atoms with Gasteiger partial charge in [-0.05, 0) is 12.1 Å². The quantitative estimate of drug-likeness (QED) is 0.919. The molecule has 0 bridgehead atoms. The number of furan rings is 1. The highest BCUT2D eigenvalue weighted by Crippen LogP contribution is 2.38. The number of carbonyl (C=O) groups excluding carboxylic acids is 2. The van der Waals surface area contributed by atoms with Crippen molar-refractivity contribution in [3.05, 3.63) is 36.1 Å². The first-order valence-electron chi connectivity index (χ1n) is 6.91. The molecule has 3 rings (SSSR count). The van der Waals surface area contributed by atoms with Crippen LogP contribution in [0.4, 0.5) is 13.2 Å². The van der Waals surface area contributed by atoms with Crippen LogP contribution >= 0.6 is 0 Å². The Hall–Kier alpha value is -2.51. The number of nitrogens with zero attached hydrogens (tertiary/aromatic N) is 1. The van der Waals surface area contributed by atoms with Gasteiger partial charge in [0.05, 0.1) is 11.8 Å². The highest BCUT2D eigenvalue weighted by atomic mass is 19.4. The molecule has 122 valence electrons. The summed E-state index contributed by atoms with van der Waals surface area (Å²) in [5.41, 5.74) is 5.51. The van der Waals surface area contributed by atoms with Crippen molar-refractivity contribution in [1.82, 2.24) is 4.90 Å². The lowest BCUT2D eigenvalue weighted by atomic mass is 9.95.